The molecule has 0 aromatic carbocycles. The van der Waals surface area contributed by atoms with E-state index in [2.05, 4.69) is 10.3 Å². The lowest BCUT2D eigenvalue weighted by Crippen LogP contribution is -2.30. The van der Waals surface area contributed by atoms with Gasteiger partial charge in [-0.25, -0.2) is 4.98 Å². The van der Waals surface area contributed by atoms with Crippen LogP contribution in [0.15, 0.2) is 18.3 Å². The Hall–Kier alpha value is -1.66. The van der Waals surface area contributed by atoms with Crippen molar-refractivity contribution < 1.29 is 14.3 Å². The molecule has 0 aliphatic carbocycles. The average molecular weight is 279 g/mol. The molecule has 6 heteroatoms. The molecule has 2 unspecified atom stereocenters. The number of amides is 1. The van der Waals surface area contributed by atoms with E-state index >= 15 is 0 Å². The fraction of sp³-hybridized carbons (Fsp3) is 0.571. The summed E-state index contributed by atoms with van der Waals surface area (Å²) in [7, 11) is 3.28. The number of nitrogens with one attached hydrogen (secondary N) is 1. The molecule has 1 amide bonds. The van der Waals surface area contributed by atoms with E-state index in [1.54, 1.807) is 37.4 Å². The van der Waals surface area contributed by atoms with Crippen LogP contribution in [-0.4, -0.2) is 61.9 Å². The van der Waals surface area contributed by atoms with Gasteiger partial charge in [0.25, 0.3) is 5.91 Å². The number of pyridine rings is 1. The van der Waals surface area contributed by atoms with Crippen molar-refractivity contribution in [3.8, 4) is 0 Å². The van der Waals surface area contributed by atoms with Gasteiger partial charge in [0, 0.05) is 40.1 Å². The number of ether oxygens (including phenoxy) is 2. The summed E-state index contributed by atoms with van der Waals surface area (Å²) in [6, 6.07) is 3.56. The lowest BCUT2D eigenvalue weighted by Gasteiger charge is -2.17. The van der Waals surface area contributed by atoms with Crippen LogP contribution >= 0.6 is 0 Å². The van der Waals surface area contributed by atoms with Crippen LogP contribution in [-0.2, 0) is 9.47 Å². The number of carbonyl (C=O) groups excluding carboxylic acids is 1. The minimum atomic E-state index is -0.0804. The number of aromatic nitrogens is 1. The maximum absolute atomic E-state index is 12.6. The molecular formula is C14H21N3O3. The Bertz CT molecular complexity index is 455. The monoisotopic (exact) mass is 279 g/mol. The molecule has 0 spiro atoms. The molecule has 6 nitrogen and oxygen atoms in total. The molecule has 1 saturated heterocycles. The van der Waals surface area contributed by atoms with Crippen molar-refractivity contribution in [1.82, 2.24) is 9.88 Å². The number of rotatable bonds is 5. The number of carbonyl (C=O) groups is 1. The number of anilines is 1. The van der Waals surface area contributed by atoms with Crippen molar-refractivity contribution in [3.63, 3.8) is 0 Å². The molecule has 1 N–H and O–H groups in total. The zero-order chi connectivity index (χ0) is 14.5. The van der Waals surface area contributed by atoms with Crippen LogP contribution in [0.2, 0.25) is 0 Å². The number of nitrogens with zero attached hydrogens (tertiary/aromatic N) is 2. The zero-order valence-corrected chi connectivity index (χ0v) is 12.1. The minimum Gasteiger partial charge on any atom is -0.377 e. The van der Waals surface area contributed by atoms with Gasteiger partial charge in [0.05, 0.1) is 5.56 Å². The molecule has 1 aromatic heterocycles. The minimum absolute atomic E-state index is 0.0457. The predicted octanol–water partition coefficient (Wildman–Crippen LogP) is 0.999. The van der Waals surface area contributed by atoms with Gasteiger partial charge in [0.2, 0.25) is 0 Å². The first-order valence-corrected chi connectivity index (χ1v) is 6.75. The second-order valence-corrected chi connectivity index (χ2v) is 4.69. The highest BCUT2D eigenvalue weighted by Crippen LogP contribution is 2.21. The molecule has 1 aliphatic heterocycles. The third-order valence-electron chi connectivity index (χ3n) is 3.49. The number of likely N-dealkylation sites (tertiary alicyclic amines) is 1. The molecule has 2 heterocycles. The topological polar surface area (TPSA) is 63.7 Å². The van der Waals surface area contributed by atoms with Crippen molar-refractivity contribution in [1.29, 1.82) is 0 Å². The van der Waals surface area contributed by atoms with Gasteiger partial charge >= 0.3 is 0 Å². The van der Waals surface area contributed by atoms with Gasteiger partial charge in [-0.15, -0.1) is 0 Å². The van der Waals surface area contributed by atoms with E-state index in [0.717, 1.165) is 6.54 Å². The Morgan fingerprint density at radius 1 is 1.40 bits per heavy atom. The summed E-state index contributed by atoms with van der Waals surface area (Å²) in [5.41, 5.74) is 0.584. The Labute approximate surface area is 119 Å². The summed E-state index contributed by atoms with van der Waals surface area (Å²) in [6.07, 6.45) is 1.51. The van der Waals surface area contributed by atoms with Crippen LogP contribution < -0.4 is 5.32 Å². The van der Waals surface area contributed by atoms with Gasteiger partial charge in [0.15, 0.2) is 0 Å². The maximum atomic E-state index is 12.6. The van der Waals surface area contributed by atoms with E-state index in [1.165, 1.54) is 0 Å². The van der Waals surface area contributed by atoms with E-state index in [4.69, 9.17) is 9.47 Å². The van der Waals surface area contributed by atoms with Crippen molar-refractivity contribution in [2.45, 2.75) is 19.1 Å². The van der Waals surface area contributed by atoms with Gasteiger partial charge in [-0.05, 0) is 19.1 Å². The van der Waals surface area contributed by atoms with Crippen molar-refractivity contribution >= 4 is 11.7 Å². The summed E-state index contributed by atoms with van der Waals surface area (Å²) < 4.78 is 10.7. The molecular weight excluding hydrogens is 258 g/mol. The summed E-state index contributed by atoms with van der Waals surface area (Å²) in [5.74, 6) is 0.575. The highest BCUT2D eigenvalue weighted by atomic mass is 16.5. The Balaban J connectivity index is 2.16. The Kier molecular flexibility index (Phi) is 4.92. The van der Waals surface area contributed by atoms with Gasteiger partial charge < -0.3 is 19.7 Å². The summed E-state index contributed by atoms with van der Waals surface area (Å²) in [4.78, 5) is 18.6. The lowest BCUT2D eigenvalue weighted by atomic mass is 10.2. The predicted molar refractivity (Wildman–Crippen MR) is 75.9 cm³/mol. The molecule has 20 heavy (non-hydrogen) atoms. The molecule has 0 bridgehead atoms. The van der Waals surface area contributed by atoms with Crippen LogP contribution in [0.4, 0.5) is 5.82 Å². The standard InChI is InChI=1S/C14H21N3O3/c1-4-15-13-10(6-5-7-16-13)14(18)17-8-11(19-2)12(9-17)20-3/h5-7,11-12H,4,8-9H2,1-3H3,(H,15,16). The lowest BCUT2D eigenvalue weighted by molar-refractivity contribution is -0.00461. The van der Waals surface area contributed by atoms with E-state index in [1.807, 2.05) is 6.92 Å². The second kappa shape index (κ2) is 6.67. The third-order valence-corrected chi connectivity index (χ3v) is 3.49. The molecule has 0 radical (unpaired) electrons. The smallest absolute Gasteiger partial charge is 0.257 e. The van der Waals surface area contributed by atoms with Crippen LogP contribution in [0.25, 0.3) is 0 Å². The maximum Gasteiger partial charge on any atom is 0.257 e. The van der Waals surface area contributed by atoms with Gasteiger partial charge in [-0.1, -0.05) is 0 Å². The normalized spacial score (nSPS) is 22.1. The highest BCUT2D eigenvalue weighted by Gasteiger charge is 2.36. The van der Waals surface area contributed by atoms with E-state index < -0.39 is 0 Å². The summed E-state index contributed by atoms with van der Waals surface area (Å²) in [5, 5.41) is 3.11. The van der Waals surface area contributed by atoms with Crippen LogP contribution in [0.3, 0.4) is 0 Å². The first-order chi connectivity index (χ1) is 9.71. The van der Waals surface area contributed by atoms with Gasteiger partial charge in [-0.3, -0.25) is 4.79 Å². The summed E-state index contributed by atoms with van der Waals surface area (Å²) >= 11 is 0. The molecule has 2 atom stereocenters. The average Bonchev–Trinajstić information content (AvgIpc) is 2.91. The van der Waals surface area contributed by atoms with Crippen molar-refractivity contribution in [2.75, 3.05) is 39.2 Å². The first kappa shape index (κ1) is 14.7. The number of methoxy groups -OCH3 is 2. The second-order valence-electron chi connectivity index (χ2n) is 4.69. The van der Waals surface area contributed by atoms with Crippen LogP contribution in [0.5, 0.6) is 0 Å². The molecule has 1 fully saturated rings. The third kappa shape index (κ3) is 2.91. The quantitative estimate of drug-likeness (QED) is 0.871. The van der Waals surface area contributed by atoms with Gasteiger partial charge in [0.1, 0.15) is 18.0 Å². The fourth-order valence-corrected chi connectivity index (χ4v) is 2.42. The molecule has 1 aliphatic rings. The van der Waals surface area contributed by atoms with Crippen molar-refractivity contribution in [3.05, 3.63) is 23.9 Å². The van der Waals surface area contributed by atoms with E-state index in [-0.39, 0.29) is 18.1 Å². The SMILES string of the molecule is CCNc1ncccc1C(=O)N1CC(OC)C(OC)C1. The summed E-state index contributed by atoms with van der Waals surface area (Å²) in [6.45, 7) is 3.77. The number of hydrogen-bond donors (Lipinski definition) is 1. The molecule has 2 rings (SSSR count). The van der Waals surface area contributed by atoms with Crippen LogP contribution in [0.1, 0.15) is 17.3 Å². The fourth-order valence-electron chi connectivity index (χ4n) is 2.42. The molecule has 1 aromatic rings. The molecule has 0 saturated carbocycles. The van der Waals surface area contributed by atoms with E-state index in [0.29, 0.717) is 24.5 Å². The Morgan fingerprint density at radius 2 is 2.05 bits per heavy atom. The molecule has 110 valence electrons. The van der Waals surface area contributed by atoms with Crippen LogP contribution in [0, 0.1) is 0 Å². The zero-order valence-electron chi connectivity index (χ0n) is 12.1. The first-order valence-electron chi connectivity index (χ1n) is 6.75. The van der Waals surface area contributed by atoms with Gasteiger partial charge in [-0.2, -0.15) is 0 Å². The number of hydrogen-bond acceptors (Lipinski definition) is 5. The largest absolute Gasteiger partial charge is 0.377 e. The Morgan fingerprint density at radius 3 is 2.60 bits per heavy atom. The van der Waals surface area contributed by atoms with E-state index in [9.17, 15) is 4.79 Å². The highest BCUT2D eigenvalue weighted by molar-refractivity contribution is 5.98. The van der Waals surface area contributed by atoms with Crippen molar-refractivity contribution in [2.24, 2.45) is 0 Å².